The standard InChI is InChI=1S/C17H26N2O3S/c1-13(2)11-14-7-9-16(10-8-14)23(21,22)19(12-17(18)20)15-5-3-4-6-15/h7-10,13,15H,3-6,11-12H2,1-2H3,(H2,18,20). The number of nitrogens with zero attached hydrogens (tertiary/aromatic N) is 1. The molecule has 0 unspecified atom stereocenters. The van der Waals surface area contributed by atoms with Crippen molar-refractivity contribution in [2.75, 3.05) is 6.54 Å². The number of carbonyl (C=O) groups is 1. The number of nitrogens with two attached hydrogens (primary N) is 1. The molecule has 1 aliphatic rings. The van der Waals surface area contributed by atoms with E-state index in [4.69, 9.17) is 5.73 Å². The zero-order chi connectivity index (χ0) is 17.0. The molecule has 0 radical (unpaired) electrons. The Labute approximate surface area is 138 Å². The van der Waals surface area contributed by atoms with Crippen molar-refractivity contribution in [2.45, 2.75) is 56.9 Å². The highest BCUT2D eigenvalue weighted by atomic mass is 32.2. The maximum absolute atomic E-state index is 12.9. The van der Waals surface area contributed by atoms with Crippen molar-refractivity contribution in [3.05, 3.63) is 29.8 Å². The van der Waals surface area contributed by atoms with Crippen LogP contribution in [0.5, 0.6) is 0 Å². The number of hydrogen-bond donors (Lipinski definition) is 1. The second kappa shape index (κ2) is 7.45. The molecule has 0 aromatic heterocycles. The summed E-state index contributed by atoms with van der Waals surface area (Å²) in [5.74, 6) is -0.0980. The maximum atomic E-state index is 12.9. The Balaban J connectivity index is 2.27. The topological polar surface area (TPSA) is 80.5 Å². The van der Waals surface area contributed by atoms with Gasteiger partial charge in [0, 0.05) is 6.04 Å². The number of carbonyl (C=O) groups excluding carboxylic acids is 1. The first kappa shape index (κ1) is 17.9. The lowest BCUT2D eigenvalue weighted by Crippen LogP contribution is -2.44. The van der Waals surface area contributed by atoms with E-state index >= 15 is 0 Å². The molecule has 23 heavy (non-hydrogen) atoms. The van der Waals surface area contributed by atoms with Gasteiger partial charge in [0.25, 0.3) is 0 Å². The van der Waals surface area contributed by atoms with Crippen molar-refractivity contribution in [1.82, 2.24) is 4.31 Å². The van der Waals surface area contributed by atoms with E-state index in [2.05, 4.69) is 13.8 Å². The zero-order valence-electron chi connectivity index (χ0n) is 13.9. The first-order valence-corrected chi connectivity index (χ1v) is 9.64. The van der Waals surface area contributed by atoms with Gasteiger partial charge in [-0.3, -0.25) is 4.79 Å². The Hall–Kier alpha value is -1.40. The molecule has 0 heterocycles. The quantitative estimate of drug-likeness (QED) is 0.828. The van der Waals surface area contributed by atoms with Gasteiger partial charge in [-0.1, -0.05) is 38.8 Å². The van der Waals surface area contributed by atoms with Crippen LogP contribution >= 0.6 is 0 Å². The SMILES string of the molecule is CC(C)Cc1ccc(S(=O)(=O)N(CC(N)=O)C2CCCC2)cc1. The van der Waals surface area contributed by atoms with E-state index in [1.54, 1.807) is 12.1 Å². The third-order valence-electron chi connectivity index (χ3n) is 4.22. The van der Waals surface area contributed by atoms with Gasteiger partial charge in [0.15, 0.2) is 0 Å². The van der Waals surface area contributed by atoms with E-state index in [-0.39, 0.29) is 17.5 Å². The average Bonchev–Trinajstić information content (AvgIpc) is 2.98. The van der Waals surface area contributed by atoms with Crippen LogP contribution in [-0.2, 0) is 21.2 Å². The lowest BCUT2D eigenvalue weighted by molar-refractivity contribution is -0.118. The normalized spacial score (nSPS) is 16.3. The molecule has 6 heteroatoms. The summed E-state index contributed by atoms with van der Waals surface area (Å²) in [6, 6.07) is 6.85. The van der Waals surface area contributed by atoms with Crippen LogP contribution in [0.4, 0.5) is 0 Å². The van der Waals surface area contributed by atoms with Gasteiger partial charge >= 0.3 is 0 Å². The summed E-state index contributed by atoms with van der Waals surface area (Å²) >= 11 is 0. The minimum Gasteiger partial charge on any atom is -0.369 e. The third-order valence-corrected chi connectivity index (χ3v) is 6.13. The van der Waals surface area contributed by atoms with E-state index in [1.165, 1.54) is 4.31 Å². The lowest BCUT2D eigenvalue weighted by atomic mass is 10.0. The predicted octanol–water partition coefficient (Wildman–Crippen LogP) is 2.30. The zero-order valence-corrected chi connectivity index (χ0v) is 14.7. The van der Waals surface area contributed by atoms with E-state index in [9.17, 15) is 13.2 Å². The second-order valence-corrected chi connectivity index (χ2v) is 8.59. The van der Waals surface area contributed by atoms with Crippen LogP contribution in [0.3, 0.4) is 0 Å². The van der Waals surface area contributed by atoms with Crippen LogP contribution in [0, 0.1) is 5.92 Å². The largest absolute Gasteiger partial charge is 0.369 e. The monoisotopic (exact) mass is 338 g/mol. The van der Waals surface area contributed by atoms with Gasteiger partial charge in [0.1, 0.15) is 0 Å². The molecule has 1 aliphatic carbocycles. The molecule has 5 nitrogen and oxygen atoms in total. The molecule has 2 rings (SSSR count). The van der Waals surface area contributed by atoms with Crippen molar-refractivity contribution >= 4 is 15.9 Å². The van der Waals surface area contributed by atoms with Gasteiger partial charge in [-0.15, -0.1) is 0 Å². The smallest absolute Gasteiger partial charge is 0.243 e. The summed E-state index contributed by atoms with van der Waals surface area (Å²) < 4.78 is 27.1. The molecule has 0 aliphatic heterocycles. The van der Waals surface area contributed by atoms with Crippen LogP contribution in [-0.4, -0.2) is 31.2 Å². The Morgan fingerprint density at radius 1 is 1.22 bits per heavy atom. The van der Waals surface area contributed by atoms with Crippen molar-refractivity contribution in [1.29, 1.82) is 0 Å². The summed E-state index contributed by atoms with van der Waals surface area (Å²) in [7, 11) is -3.69. The summed E-state index contributed by atoms with van der Waals surface area (Å²) in [4.78, 5) is 11.6. The summed E-state index contributed by atoms with van der Waals surface area (Å²) in [5, 5.41) is 0. The highest BCUT2D eigenvalue weighted by Gasteiger charge is 2.34. The molecule has 1 aromatic carbocycles. The van der Waals surface area contributed by atoms with Gasteiger partial charge < -0.3 is 5.73 Å². The van der Waals surface area contributed by atoms with Crippen molar-refractivity contribution < 1.29 is 13.2 Å². The average molecular weight is 338 g/mol. The molecule has 0 saturated heterocycles. The van der Waals surface area contributed by atoms with Gasteiger partial charge in [-0.25, -0.2) is 8.42 Å². The predicted molar refractivity (Wildman–Crippen MR) is 90.3 cm³/mol. The first-order valence-electron chi connectivity index (χ1n) is 8.20. The molecule has 1 saturated carbocycles. The van der Waals surface area contributed by atoms with E-state index in [1.807, 2.05) is 12.1 Å². The number of primary amides is 1. The lowest BCUT2D eigenvalue weighted by Gasteiger charge is -2.27. The highest BCUT2D eigenvalue weighted by Crippen LogP contribution is 2.28. The first-order chi connectivity index (χ1) is 10.8. The maximum Gasteiger partial charge on any atom is 0.243 e. The third kappa shape index (κ3) is 4.54. The van der Waals surface area contributed by atoms with Crippen LogP contribution in [0.1, 0.15) is 45.1 Å². The van der Waals surface area contributed by atoms with Gasteiger partial charge in [-0.2, -0.15) is 4.31 Å². The van der Waals surface area contributed by atoms with Gasteiger partial charge in [-0.05, 0) is 42.9 Å². The van der Waals surface area contributed by atoms with Crippen LogP contribution in [0.25, 0.3) is 0 Å². The summed E-state index contributed by atoms with van der Waals surface area (Å²) in [6.45, 7) is 4.00. The van der Waals surface area contributed by atoms with Crippen molar-refractivity contribution in [3.8, 4) is 0 Å². The molecule has 1 aromatic rings. The number of sulfonamides is 1. The molecule has 1 amide bonds. The van der Waals surface area contributed by atoms with E-state index < -0.39 is 15.9 Å². The molecular weight excluding hydrogens is 312 g/mol. The Morgan fingerprint density at radius 2 is 1.78 bits per heavy atom. The number of hydrogen-bond acceptors (Lipinski definition) is 3. The van der Waals surface area contributed by atoms with Crippen molar-refractivity contribution in [3.63, 3.8) is 0 Å². The van der Waals surface area contributed by atoms with E-state index in [0.29, 0.717) is 5.92 Å². The number of benzene rings is 1. The van der Waals surface area contributed by atoms with Crippen molar-refractivity contribution in [2.24, 2.45) is 11.7 Å². The van der Waals surface area contributed by atoms with Crippen LogP contribution in [0.2, 0.25) is 0 Å². The molecular formula is C17H26N2O3S. The molecule has 2 N–H and O–H groups in total. The summed E-state index contributed by atoms with van der Waals surface area (Å²) in [5.41, 5.74) is 6.38. The molecule has 0 bridgehead atoms. The molecule has 1 fully saturated rings. The van der Waals surface area contributed by atoms with Crippen LogP contribution in [0.15, 0.2) is 29.2 Å². The highest BCUT2D eigenvalue weighted by molar-refractivity contribution is 7.89. The molecule has 128 valence electrons. The molecule has 0 atom stereocenters. The van der Waals surface area contributed by atoms with Gasteiger partial charge in [0.05, 0.1) is 11.4 Å². The minimum atomic E-state index is -3.69. The molecule has 0 spiro atoms. The number of amides is 1. The fraction of sp³-hybridized carbons (Fsp3) is 0.588. The second-order valence-electron chi connectivity index (χ2n) is 6.70. The Kier molecular flexibility index (Phi) is 5.81. The fourth-order valence-electron chi connectivity index (χ4n) is 3.16. The Bertz CT molecular complexity index is 632. The van der Waals surface area contributed by atoms with Gasteiger partial charge in [0.2, 0.25) is 15.9 Å². The minimum absolute atomic E-state index is 0.122. The fourth-order valence-corrected chi connectivity index (χ4v) is 4.81. The Morgan fingerprint density at radius 3 is 2.26 bits per heavy atom. The summed E-state index contributed by atoms with van der Waals surface area (Å²) in [6.07, 6.45) is 4.47. The van der Waals surface area contributed by atoms with E-state index in [0.717, 1.165) is 37.7 Å². The number of rotatable bonds is 7. The van der Waals surface area contributed by atoms with Crippen LogP contribution < -0.4 is 5.73 Å².